The van der Waals surface area contributed by atoms with Gasteiger partial charge in [0.25, 0.3) is 0 Å². The van der Waals surface area contributed by atoms with Crippen molar-refractivity contribution >= 4 is 27.4 Å². The van der Waals surface area contributed by atoms with Crippen LogP contribution in [-0.4, -0.2) is 18.6 Å². The summed E-state index contributed by atoms with van der Waals surface area (Å²) in [6, 6.07) is 12.4. The average molecular weight is 320 g/mol. The average Bonchev–Trinajstić information content (AvgIpc) is 2.42. The monoisotopic (exact) mass is 319 g/mol. The molecule has 0 unspecified atom stereocenters. The van der Waals surface area contributed by atoms with E-state index in [2.05, 4.69) is 69.4 Å². The highest BCUT2D eigenvalue weighted by atomic mass is 79.9. The van der Waals surface area contributed by atoms with Gasteiger partial charge < -0.3 is 10.2 Å². The zero-order valence-electron chi connectivity index (χ0n) is 11.2. The molecule has 0 fully saturated rings. The Morgan fingerprint density at radius 3 is 2.79 bits per heavy atom. The van der Waals surface area contributed by atoms with E-state index < -0.39 is 0 Å². The zero-order chi connectivity index (χ0) is 13.7. The Kier molecular flexibility index (Phi) is 4.80. The smallest absolute Gasteiger partial charge is 0.127 e. The minimum atomic E-state index is 0.858. The van der Waals surface area contributed by atoms with Crippen LogP contribution in [0.1, 0.15) is 12.5 Å². The summed E-state index contributed by atoms with van der Waals surface area (Å²) in [4.78, 5) is 6.50. The molecule has 0 atom stereocenters. The minimum Gasteiger partial charge on any atom is -0.370 e. The van der Waals surface area contributed by atoms with Gasteiger partial charge in [0.05, 0.1) is 0 Å². The van der Waals surface area contributed by atoms with Gasteiger partial charge in [0.2, 0.25) is 0 Å². The summed E-state index contributed by atoms with van der Waals surface area (Å²) < 4.78 is 1.14. The standard InChI is InChI=1S/C15H18BrN3/c1-3-17-15-10-13(8-9-18-15)19(2)11-12-6-4-5-7-14(12)16/h4-10H,3,11H2,1-2H3,(H,17,18). The van der Waals surface area contributed by atoms with Crippen LogP contribution in [0.4, 0.5) is 11.5 Å². The lowest BCUT2D eigenvalue weighted by atomic mass is 10.2. The van der Waals surface area contributed by atoms with Gasteiger partial charge in [-0.05, 0) is 24.6 Å². The Morgan fingerprint density at radius 1 is 1.26 bits per heavy atom. The molecule has 0 saturated heterocycles. The molecule has 0 aliphatic rings. The second-order valence-corrected chi connectivity index (χ2v) is 5.23. The molecule has 3 nitrogen and oxygen atoms in total. The topological polar surface area (TPSA) is 28.2 Å². The number of nitrogens with zero attached hydrogens (tertiary/aromatic N) is 2. The molecule has 0 amide bonds. The Bertz CT molecular complexity index is 542. The van der Waals surface area contributed by atoms with Crippen molar-refractivity contribution in [1.29, 1.82) is 0 Å². The normalized spacial score (nSPS) is 10.3. The van der Waals surface area contributed by atoms with Gasteiger partial charge in [-0.25, -0.2) is 4.98 Å². The van der Waals surface area contributed by atoms with E-state index in [4.69, 9.17) is 0 Å². The van der Waals surface area contributed by atoms with Crippen LogP contribution in [0.25, 0.3) is 0 Å². The molecule has 0 bridgehead atoms. The largest absolute Gasteiger partial charge is 0.370 e. The maximum atomic E-state index is 4.29. The number of halogens is 1. The quantitative estimate of drug-likeness (QED) is 0.905. The summed E-state index contributed by atoms with van der Waals surface area (Å²) in [5.41, 5.74) is 2.42. The highest BCUT2D eigenvalue weighted by Gasteiger charge is 2.05. The molecule has 2 aromatic rings. The third kappa shape index (κ3) is 3.70. The lowest BCUT2D eigenvalue weighted by Gasteiger charge is -2.20. The van der Waals surface area contributed by atoms with Gasteiger partial charge >= 0.3 is 0 Å². The van der Waals surface area contributed by atoms with Gasteiger partial charge in [0, 0.05) is 42.6 Å². The van der Waals surface area contributed by atoms with Crippen molar-refractivity contribution in [1.82, 2.24) is 4.98 Å². The predicted octanol–water partition coefficient (Wildman–Crippen LogP) is 3.91. The lowest BCUT2D eigenvalue weighted by Crippen LogP contribution is -2.17. The highest BCUT2D eigenvalue weighted by Crippen LogP contribution is 2.22. The van der Waals surface area contributed by atoms with E-state index in [0.29, 0.717) is 0 Å². The van der Waals surface area contributed by atoms with Crippen molar-refractivity contribution in [2.75, 3.05) is 23.8 Å². The fourth-order valence-corrected chi connectivity index (χ4v) is 2.32. The lowest BCUT2D eigenvalue weighted by molar-refractivity contribution is 0.916. The van der Waals surface area contributed by atoms with E-state index in [1.54, 1.807) is 0 Å². The van der Waals surface area contributed by atoms with Crippen LogP contribution in [0.5, 0.6) is 0 Å². The fourth-order valence-electron chi connectivity index (χ4n) is 1.91. The number of anilines is 2. The minimum absolute atomic E-state index is 0.858. The Labute approximate surface area is 122 Å². The van der Waals surface area contributed by atoms with E-state index in [-0.39, 0.29) is 0 Å². The molecular formula is C15H18BrN3. The van der Waals surface area contributed by atoms with Gasteiger partial charge in [0.15, 0.2) is 0 Å². The van der Waals surface area contributed by atoms with E-state index in [1.165, 1.54) is 5.56 Å². The number of benzene rings is 1. The molecule has 2 rings (SSSR count). The summed E-state index contributed by atoms with van der Waals surface area (Å²) in [5, 5.41) is 3.23. The molecule has 1 aromatic carbocycles. The molecule has 0 radical (unpaired) electrons. The molecule has 0 aliphatic carbocycles. The zero-order valence-corrected chi connectivity index (χ0v) is 12.8. The van der Waals surface area contributed by atoms with Crippen molar-refractivity contribution in [3.05, 3.63) is 52.6 Å². The molecule has 0 aliphatic heterocycles. The number of aromatic nitrogens is 1. The number of nitrogens with one attached hydrogen (secondary N) is 1. The van der Waals surface area contributed by atoms with Crippen LogP contribution >= 0.6 is 15.9 Å². The van der Waals surface area contributed by atoms with Gasteiger partial charge in [-0.1, -0.05) is 34.1 Å². The Balaban J connectivity index is 2.13. The first-order valence-corrected chi connectivity index (χ1v) is 7.14. The molecule has 19 heavy (non-hydrogen) atoms. The summed E-state index contributed by atoms with van der Waals surface area (Å²) >= 11 is 3.59. The number of hydrogen-bond donors (Lipinski definition) is 1. The molecular weight excluding hydrogens is 302 g/mol. The fraction of sp³-hybridized carbons (Fsp3) is 0.267. The van der Waals surface area contributed by atoms with Crippen molar-refractivity contribution in [3.63, 3.8) is 0 Å². The summed E-state index contributed by atoms with van der Waals surface area (Å²) in [7, 11) is 2.09. The van der Waals surface area contributed by atoms with Crippen LogP contribution in [0.2, 0.25) is 0 Å². The first kappa shape index (κ1) is 13.9. The summed E-state index contributed by atoms with van der Waals surface area (Å²) in [6.45, 7) is 3.81. The Morgan fingerprint density at radius 2 is 2.05 bits per heavy atom. The molecule has 1 N–H and O–H groups in total. The third-order valence-electron chi connectivity index (χ3n) is 2.91. The predicted molar refractivity (Wildman–Crippen MR) is 84.6 cm³/mol. The SMILES string of the molecule is CCNc1cc(N(C)Cc2ccccc2Br)ccn1. The number of rotatable bonds is 5. The second-order valence-electron chi connectivity index (χ2n) is 4.38. The van der Waals surface area contributed by atoms with Crippen molar-refractivity contribution in [3.8, 4) is 0 Å². The van der Waals surface area contributed by atoms with Gasteiger partial charge in [-0.2, -0.15) is 0 Å². The van der Waals surface area contributed by atoms with E-state index in [0.717, 1.165) is 29.1 Å². The first-order valence-electron chi connectivity index (χ1n) is 6.35. The van der Waals surface area contributed by atoms with Crippen LogP contribution in [0, 0.1) is 0 Å². The highest BCUT2D eigenvalue weighted by molar-refractivity contribution is 9.10. The van der Waals surface area contributed by atoms with E-state index in [1.807, 2.05) is 18.3 Å². The van der Waals surface area contributed by atoms with Crippen LogP contribution < -0.4 is 10.2 Å². The summed E-state index contributed by atoms with van der Waals surface area (Å²) in [6.07, 6.45) is 1.84. The molecule has 100 valence electrons. The first-order chi connectivity index (χ1) is 9.20. The van der Waals surface area contributed by atoms with Crippen molar-refractivity contribution < 1.29 is 0 Å². The van der Waals surface area contributed by atoms with Crippen LogP contribution in [0.15, 0.2) is 47.1 Å². The third-order valence-corrected chi connectivity index (χ3v) is 3.68. The van der Waals surface area contributed by atoms with Crippen LogP contribution in [-0.2, 0) is 6.54 Å². The maximum Gasteiger partial charge on any atom is 0.127 e. The van der Waals surface area contributed by atoms with E-state index in [9.17, 15) is 0 Å². The molecule has 1 heterocycles. The molecule has 0 saturated carbocycles. The van der Waals surface area contributed by atoms with E-state index >= 15 is 0 Å². The number of hydrogen-bond acceptors (Lipinski definition) is 3. The molecule has 1 aromatic heterocycles. The summed E-state index contributed by atoms with van der Waals surface area (Å²) in [5.74, 6) is 0.916. The van der Waals surface area contributed by atoms with Gasteiger partial charge in [-0.15, -0.1) is 0 Å². The molecule has 0 spiro atoms. The Hall–Kier alpha value is -1.55. The maximum absolute atomic E-state index is 4.29. The molecule has 4 heteroatoms. The second kappa shape index (κ2) is 6.57. The van der Waals surface area contributed by atoms with Crippen LogP contribution in [0.3, 0.4) is 0 Å². The van der Waals surface area contributed by atoms with Crippen molar-refractivity contribution in [2.45, 2.75) is 13.5 Å². The van der Waals surface area contributed by atoms with Crippen molar-refractivity contribution in [2.24, 2.45) is 0 Å². The van der Waals surface area contributed by atoms with Gasteiger partial charge in [-0.3, -0.25) is 0 Å². The number of pyridine rings is 1. The van der Waals surface area contributed by atoms with Gasteiger partial charge in [0.1, 0.15) is 5.82 Å².